The van der Waals surface area contributed by atoms with Gasteiger partial charge in [0, 0.05) is 31.6 Å². The number of hydrogen-bond donors (Lipinski definition) is 1. The van der Waals surface area contributed by atoms with Gasteiger partial charge in [-0.2, -0.15) is 0 Å². The van der Waals surface area contributed by atoms with Crippen molar-refractivity contribution in [2.24, 2.45) is 11.8 Å². The molecule has 6 heteroatoms. The summed E-state index contributed by atoms with van der Waals surface area (Å²) < 4.78 is 5.12. The van der Waals surface area contributed by atoms with E-state index >= 15 is 0 Å². The van der Waals surface area contributed by atoms with Crippen molar-refractivity contribution in [2.75, 3.05) is 26.8 Å². The summed E-state index contributed by atoms with van der Waals surface area (Å²) in [6.07, 6.45) is 2.58. The lowest BCUT2D eigenvalue weighted by Gasteiger charge is -2.28. The van der Waals surface area contributed by atoms with Crippen molar-refractivity contribution >= 4 is 23.4 Å². The number of carbonyl (C=O) groups is 2. The maximum atomic E-state index is 12.7. The standard InChI is InChI=1S/C18H23ClN2O3/c1-24-9-8-21-16(22)10-14(18(23)20-11-12-6-7-12)17(21)13-4-2-3-5-15(13)19/h2-5,12,14,17H,6-11H2,1H3,(H,20,23)/t14-,17+/m1/s1. The summed E-state index contributed by atoms with van der Waals surface area (Å²) in [6, 6.07) is 7.10. The van der Waals surface area contributed by atoms with Crippen LogP contribution in [0.5, 0.6) is 0 Å². The number of nitrogens with zero attached hydrogens (tertiary/aromatic N) is 1. The first-order valence-electron chi connectivity index (χ1n) is 8.42. The Labute approximate surface area is 147 Å². The number of ether oxygens (including phenoxy) is 1. The molecule has 2 atom stereocenters. The highest BCUT2D eigenvalue weighted by Crippen LogP contribution is 2.41. The lowest BCUT2D eigenvalue weighted by molar-refractivity contribution is -0.129. The van der Waals surface area contributed by atoms with Crippen LogP contribution in [0.25, 0.3) is 0 Å². The summed E-state index contributed by atoms with van der Waals surface area (Å²) in [5.41, 5.74) is 0.827. The van der Waals surface area contributed by atoms with Crippen LogP contribution < -0.4 is 5.32 Å². The Hall–Kier alpha value is -1.59. The number of benzene rings is 1. The van der Waals surface area contributed by atoms with Gasteiger partial charge in [0.2, 0.25) is 11.8 Å². The highest BCUT2D eigenvalue weighted by molar-refractivity contribution is 6.31. The van der Waals surface area contributed by atoms with E-state index in [1.54, 1.807) is 18.1 Å². The SMILES string of the molecule is COCCN1C(=O)C[C@@H](C(=O)NCC2CC2)[C@@H]1c1ccccc1Cl. The largest absolute Gasteiger partial charge is 0.383 e. The normalized spacial score (nSPS) is 23.6. The van der Waals surface area contributed by atoms with Gasteiger partial charge in [0.05, 0.1) is 18.6 Å². The summed E-state index contributed by atoms with van der Waals surface area (Å²) in [7, 11) is 1.60. The Morgan fingerprint density at radius 2 is 2.12 bits per heavy atom. The summed E-state index contributed by atoms with van der Waals surface area (Å²) >= 11 is 6.36. The highest BCUT2D eigenvalue weighted by Gasteiger charge is 2.45. The Kier molecular flexibility index (Phi) is 5.41. The van der Waals surface area contributed by atoms with Gasteiger partial charge in [-0.25, -0.2) is 0 Å². The fraction of sp³-hybridized carbons (Fsp3) is 0.556. The molecule has 1 saturated carbocycles. The Morgan fingerprint density at radius 1 is 1.38 bits per heavy atom. The molecule has 0 bridgehead atoms. The lowest BCUT2D eigenvalue weighted by Crippen LogP contribution is -2.37. The van der Waals surface area contributed by atoms with Crippen LogP contribution >= 0.6 is 11.6 Å². The average Bonchev–Trinajstić information content (AvgIpc) is 3.34. The van der Waals surface area contributed by atoms with E-state index in [9.17, 15) is 9.59 Å². The first kappa shape index (κ1) is 17.2. The van der Waals surface area contributed by atoms with E-state index in [4.69, 9.17) is 16.3 Å². The summed E-state index contributed by atoms with van der Waals surface area (Å²) in [5, 5.41) is 3.59. The predicted octanol–water partition coefficient (Wildman–Crippen LogP) is 2.40. The van der Waals surface area contributed by atoms with Gasteiger partial charge >= 0.3 is 0 Å². The van der Waals surface area contributed by atoms with Gasteiger partial charge in [0.1, 0.15) is 0 Å². The van der Waals surface area contributed by atoms with Gasteiger partial charge in [-0.1, -0.05) is 29.8 Å². The molecule has 1 N–H and O–H groups in total. The number of nitrogens with one attached hydrogen (secondary N) is 1. The molecule has 0 spiro atoms. The summed E-state index contributed by atoms with van der Waals surface area (Å²) in [6.45, 7) is 1.59. The van der Waals surface area contributed by atoms with E-state index < -0.39 is 5.92 Å². The van der Waals surface area contributed by atoms with Crippen LogP contribution in [0, 0.1) is 11.8 Å². The molecule has 2 aliphatic rings. The molecule has 2 amide bonds. The van der Waals surface area contributed by atoms with E-state index in [0.717, 1.165) is 5.56 Å². The number of rotatable bonds is 7. The topological polar surface area (TPSA) is 58.6 Å². The van der Waals surface area contributed by atoms with Crippen LogP contribution in [0.3, 0.4) is 0 Å². The van der Waals surface area contributed by atoms with Crippen molar-refractivity contribution in [2.45, 2.75) is 25.3 Å². The van der Waals surface area contributed by atoms with Crippen LogP contribution in [0.4, 0.5) is 0 Å². The monoisotopic (exact) mass is 350 g/mol. The van der Waals surface area contributed by atoms with Gasteiger partial charge in [-0.3, -0.25) is 9.59 Å². The zero-order valence-corrected chi connectivity index (χ0v) is 14.6. The minimum atomic E-state index is -0.409. The number of methoxy groups -OCH3 is 1. The zero-order chi connectivity index (χ0) is 17.1. The number of amides is 2. The number of carbonyl (C=O) groups excluding carboxylic acids is 2. The Balaban J connectivity index is 1.83. The van der Waals surface area contributed by atoms with E-state index in [0.29, 0.717) is 30.6 Å². The van der Waals surface area contributed by atoms with Gasteiger partial charge in [0.25, 0.3) is 0 Å². The molecule has 1 aromatic rings. The molecule has 1 aliphatic heterocycles. The van der Waals surface area contributed by atoms with Gasteiger partial charge in [0.15, 0.2) is 0 Å². The molecular formula is C18H23ClN2O3. The second-order valence-electron chi connectivity index (χ2n) is 6.55. The van der Waals surface area contributed by atoms with Crippen molar-refractivity contribution in [3.05, 3.63) is 34.9 Å². The van der Waals surface area contributed by atoms with Gasteiger partial charge in [-0.15, -0.1) is 0 Å². The number of likely N-dealkylation sites (tertiary alicyclic amines) is 1. The van der Waals surface area contributed by atoms with Crippen LogP contribution in [0.2, 0.25) is 5.02 Å². The maximum absolute atomic E-state index is 12.7. The highest BCUT2D eigenvalue weighted by atomic mass is 35.5. The molecular weight excluding hydrogens is 328 g/mol. The summed E-state index contributed by atoms with van der Waals surface area (Å²) in [4.78, 5) is 26.9. The quantitative estimate of drug-likeness (QED) is 0.821. The van der Waals surface area contributed by atoms with E-state index in [1.165, 1.54) is 12.8 Å². The fourth-order valence-corrected chi connectivity index (χ4v) is 3.52. The lowest BCUT2D eigenvalue weighted by atomic mass is 9.92. The molecule has 0 radical (unpaired) electrons. The molecule has 1 saturated heterocycles. The molecule has 3 rings (SSSR count). The second kappa shape index (κ2) is 7.53. The third-order valence-electron chi connectivity index (χ3n) is 4.79. The van der Waals surface area contributed by atoms with Crippen LogP contribution in [0.1, 0.15) is 30.9 Å². The minimum absolute atomic E-state index is 0.0245. The second-order valence-corrected chi connectivity index (χ2v) is 6.95. The molecule has 0 aromatic heterocycles. The van der Waals surface area contributed by atoms with Crippen LogP contribution in [-0.4, -0.2) is 43.5 Å². The molecule has 2 fully saturated rings. The van der Waals surface area contributed by atoms with Crippen molar-refractivity contribution in [3.8, 4) is 0 Å². The van der Waals surface area contributed by atoms with E-state index in [-0.39, 0.29) is 24.3 Å². The smallest absolute Gasteiger partial charge is 0.226 e. The molecule has 1 aromatic carbocycles. The van der Waals surface area contributed by atoms with Crippen molar-refractivity contribution < 1.29 is 14.3 Å². The molecule has 0 unspecified atom stereocenters. The molecule has 1 aliphatic carbocycles. The molecule has 5 nitrogen and oxygen atoms in total. The zero-order valence-electron chi connectivity index (χ0n) is 13.8. The van der Waals surface area contributed by atoms with Gasteiger partial charge in [-0.05, 0) is 30.4 Å². The predicted molar refractivity (Wildman–Crippen MR) is 91.6 cm³/mol. The maximum Gasteiger partial charge on any atom is 0.226 e. The van der Waals surface area contributed by atoms with E-state index in [1.807, 2.05) is 18.2 Å². The van der Waals surface area contributed by atoms with E-state index in [2.05, 4.69) is 5.32 Å². The van der Waals surface area contributed by atoms with Gasteiger partial charge < -0.3 is 15.0 Å². The molecule has 1 heterocycles. The van der Waals surface area contributed by atoms with Crippen molar-refractivity contribution in [1.29, 1.82) is 0 Å². The fourth-order valence-electron chi connectivity index (χ4n) is 3.28. The number of halogens is 1. The van der Waals surface area contributed by atoms with Crippen molar-refractivity contribution in [1.82, 2.24) is 10.2 Å². The summed E-state index contributed by atoms with van der Waals surface area (Å²) in [5.74, 6) is 0.117. The average molecular weight is 351 g/mol. The van der Waals surface area contributed by atoms with Crippen LogP contribution in [0.15, 0.2) is 24.3 Å². The first-order valence-corrected chi connectivity index (χ1v) is 8.80. The van der Waals surface area contributed by atoms with Crippen molar-refractivity contribution in [3.63, 3.8) is 0 Å². The number of hydrogen-bond acceptors (Lipinski definition) is 3. The van der Waals surface area contributed by atoms with Crippen LogP contribution in [-0.2, 0) is 14.3 Å². The minimum Gasteiger partial charge on any atom is -0.383 e. The first-order chi connectivity index (χ1) is 11.6. The third kappa shape index (κ3) is 3.73. The Bertz CT molecular complexity index is 618. The molecule has 24 heavy (non-hydrogen) atoms. The third-order valence-corrected chi connectivity index (χ3v) is 5.13. The molecule has 130 valence electrons. The Morgan fingerprint density at radius 3 is 2.79 bits per heavy atom.